The summed E-state index contributed by atoms with van der Waals surface area (Å²) >= 11 is 0. The molecule has 0 aliphatic carbocycles. The van der Waals surface area contributed by atoms with Crippen molar-refractivity contribution in [2.45, 2.75) is 0 Å². The van der Waals surface area contributed by atoms with Crippen molar-refractivity contribution in [2.75, 3.05) is 0 Å². The third-order valence-electron chi connectivity index (χ3n) is 0.722. The monoisotopic (exact) mass is 89.0 g/mol. The lowest BCUT2D eigenvalue weighted by atomic mass is 10.2. The standard InChI is InChI=1S/C7H5/c1-7-5-3-2-4-6-7/h3,5-6H,1H2. The van der Waals surface area contributed by atoms with Gasteiger partial charge in [0.1, 0.15) is 0 Å². The summed E-state index contributed by atoms with van der Waals surface area (Å²) in [7, 11) is 0. The highest BCUT2D eigenvalue weighted by atomic mass is 13.8. The summed E-state index contributed by atoms with van der Waals surface area (Å²) in [5, 5.41) is 0. The molecule has 0 heteroatoms. The molecule has 0 saturated carbocycles. The van der Waals surface area contributed by atoms with Gasteiger partial charge in [-0.2, -0.15) is 0 Å². The van der Waals surface area contributed by atoms with Gasteiger partial charge >= 0.3 is 0 Å². The van der Waals surface area contributed by atoms with Crippen molar-refractivity contribution in [3.8, 4) is 0 Å². The Hall–Kier alpha value is -0.780. The zero-order valence-electron chi connectivity index (χ0n) is 3.94. The summed E-state index contributed by atoms with van der Waals surface area (Å²) in [5.41, 5.74) is 0.985. The van der Waals surface area contributed by atoms with Gasteiger partial charge in [0.25, 0.3) is 0 Å². The molecule has 1 rings (SSSR count). The molecule has 0 atom stereocenters. The molecule has 0 amide bonds. The third kappa shape index (κ3) is 1.04. The Labute approximate surface area is 43.8 Å². The fourth-order valence-electron chi connectivity index (χ4n) is 0.379. The fraction of sp³-hybridized carbons (Fsp3) is 0. The van der Waals surface area contributed by atoms with Gasteiger partial charge in [0.05, 0.1) is 0 Å². The molecule has 0 heterocycles. The van der Waals surface area contributed by atoms with Crippen molar-refractivity contribution in [1.29, 1.82) is 0 Å². The predicted molar refractivity (Wildman–Crippen MR) is 28.6 cm³/mol. The highest BCUT2D eigenvalue weighted by Gasteiger charge is 1.73. The molecule has 0 nitrogen and oxygen atoms in total. The summed E-state index contributed by atoms with van der Waals surface area (Å²) in [5.74, 6) is 0. The molecule has 0 spiro atoms. The van der Waals surface area contributed by atoms with Crippen LogP contribution in [0.5, 0.6) is 0 Å². The molecule has 1 aromatic carbocycles. The summed E-state index contributed by atoms with van der Waals surface area (Å²) in [6, 6.07) is 11.0. The molecule has 3 radical (unpaired) electrons. The van der Waals surface area contributed by atoms with E-state index in [1.807, 2.05) is 6.07 Å². The van der Waals surface area contributed by atoms with Crippen LogP contribution in [0, 0.1) is 19.1 Å². The van der Waals surface area contributed by atoms with Crippen LogP contribution in [0.3, 0.4) is 0 Å². The Morgan fingerprint density at radius 1 is 1.43 bits per heavy atom. The minimum atomic E-state index is 0.985. The van der Waals surface area contributed by atoms with Crippen LogP contribution < -0.4 is 0 Å². The lowest BCUT2D eigenvalue weighted by Gasteiger charge is -1.81. The zero-order valence-corrected chi connectivity index (χ0v) is 3.94. The Morgan fingerprint density at radius 2 is 2.29 bits per heavy atom. The van der Waals surface area contributed by atoms with E-state index < -0.39 is 0 Å². The summed E-state index contributed by atoms with van der Waals surface area (Å²) in [6.07, 6.45) is 0. The second-order valence-corrected chi connectivity index (χ2v) is 1.34. The Morgan fingerprint density at radius 3 is 2.57 bits per heavy atom. The Kier molecular flexibility index (Phi) is 1.12. The summed E-state index contributed by atoms with van der Waals surface area (Å²) in [4.78, 5) is 0. The van der Waals surface area contributed by atoms with Crippen LogP contribution in [-0.2, 0) is 0 Å². The molecule has 1 aromatic rings. The van der Waals surface area contributed by atoms with E-state index in [0.717, 1.165) is 5.56 Å². The molecular formula is C7H5. The van der Waals surface area contributed by atoms with E-state index in [0.29, 0.717) is 0 Å². The molecule has 0 N–H and O–H groups in total. The first kappa shape index (κ1) is 4.38. The first-order chi connectivity index (χ1) is 3.39. The van der Waals surface area contributed by atoms with Crippen LogP contribution in [0.2, 0.25) is 0 Å². The Balaban J connectivity index is 3.02. The molecule has 0 aliphatic rings. The van der Waals surface area contributed by atoms with Crippen molar-refractivity contribution in [2.24, 2.45) is 0 Å². The number of hydrogen-bond donors (Lipinski definition) is 0. The maximum Gasteiger partial charge on any atom is -0.00961 e. The van der Waals surface area contributed by atoms with Crippen LogP contribution in [0.15, 0.2) is 18.2 Å². The molecule has 0 aromatic heterocycles. The van der Waals surface area contributed by atoms with Crippen molar-refractivity contribution in [3.05, 3.63) is 42.8 Å². The normalized spacial score (nSPS) is 8.71. The zero-order chi connectivity index (χ0) is 5.11. The molecule has 0 bridgehead atoms. The highest BCUT2D eigenvalue weighted by molar-refractivity contribution is 5.14. The van der Waals surface area contributed by atoms with Gasteiger partial charge in [0, 0.05) is 0 Å². The number of hydrogen-bond acceptors (Lipinski definition) is 0. The van der Waals surface area contributed by atoms with Gasteiger partial charge in [0.15, 0.2) is 0 Å². The van der Waals surface area contributed by atoms with Gasteiger partial charge in [0.2, 0.25) is 0 Å². The molecule has 0 aliphatic heterocycles. The quantitative estimate of drug-likeness (QED) is 0.451. The van der Waals surface area contributed by atoms with Crippen LogP contribution in [-0.4, -0.2) is 0 Å². The fourth-order valence-corrected chi connectivity index (χ4v) is 0.379. The highest BCUT2D eigenvalue weighted by Crippen LogP contribution is 1.90. The Bertz CT molecular complexity index is 130. The van der Waals surface area contributed by atoms with Gasteiger partial charge in [-0.05, 0) is 24.6 Å². The van der Waals surface area contributed by atoms with E-state index in [-0.39, 0.29) is 0 Å². The minimum Gasteiger partial charge on any atom is -0.0584 e. The van der Waals surface area contributed by atoms with Gasteiger partial charge < -0.3 is 0 Å². The van der Waals surface area contributed by atoms with Gasteiger partial charge in [-0.3, -0.25) is 0 Å². The molecule has 0 unspecified atom stereocenters. The summed E-state index contributed by atoms with van der Waals surface area (Å²) in [6.45, 7) is 3.67. The average molecular weight is 89.1 g/mol. The van der Waals surface area contributed by atoms with E-state index in [4.69, 9.17) is 0 Å². The van der Waals surface area contributed by atoms with E-state index >= 15 is 0 Å². The first-order valence-electron chi connectivity index (χ1n) is 2.09. The predicted octanol–water partition coefficient (Wildman–Crippen LogP) is 1.47. The number of rotatable bonds is 0. The SMILES string of the molecule is [CH2]c1c[c][c]cc1. The van der Waals surface area contributed by atoms with E-state index in [9.17, 15) is 0 Å². The van der Waals surface area contributed by atoms with Crippen LogP contribution in [0.4, 0.5) is 0 Å². The lowest BCUT2D eigenvalue weighted by Crippen LogP contribution is -1.64. The lowest BCUT2D eigenvalue weighted by molar-refractivity contribution is 1.59. The second-order valence-electron chi connectivity index (χ2n) is 1.34. The van der Waals surface area contributed by atoms with Gasteiger partial charge in [-0.15, -0.1) is 0 Å². The summed E-state index contributed by atoms with van der Waals surface area (Å²) < 4.78 is 0. The van der Waals surface area contributed by atoms with Gasteiger partial charge in [-0.1, -0.05) is 18.2 Å². The van der Waals surface area contributed by atoms with Crippen molar-refractivity contribution in [1.82, 2.24) is 0 Å². The van der Waals surface area contributed by atoms with Crippen LogP contribution in [0.1, 0.15) is 5.56 Å². The van der Waals surface area contributed by atoms with E-state index in [1.165, 1.54) is 0 Å². The second kappa shape index (κ2) is 1.78. The molecule has 7 heavy (non-hydrogen) atoms. The molecule has 0 fully saturated rings. The average Bonchev–Trinajstić information content (AvgIpc) is 1.69. The smallest absolute Gasteiger partial charge is 0.00961 e. The maximum atomic E-state index is 3.67. The maximum absolute atomic E-state index is 3.67. The van der Waals surface area contributed by atoms with Gasteiger partial charge in [-0.25, -0.2) is 0 Å². The van der Waals surface area contributed by atoms with E-state index in [2.05, 4.69) is 19.1 Å². The van der Waals surface area contributed by atoms with Crippen molar-refractivity contribution >= 4 is 0 Å². The van der Waals surface area contributed by atoms with Crippen LogP contribution in [0.25, 0.3) is 0 Å². The van der Waals surface area contributed by atoms with Crippen LogP contribution >= 0.6 is 0 Å². The first-order valence-corrected chi connectivity index (χ1v) is 2.09. The molecule has 0 saturated heterocycles. The third-order valence-corrected chi connectivity index (χ3v) is 0.722. The topological polar surface area (TPSA) is 0 Å². The molecule has 33 valence electrons. The molecular weight excluding hydrogens is 84.1 g/mol. The minimum absolute atomic E-state index is 0.985. The van der Waals surface area contributed by atoms with Crippen molar-refractivity contribution in [3.63, 3.8) is 0 Å². The number of benzene rings is 1. The van der Waals surface area contributed by atoms with Crippen molar-refractivity contribution < 1.29 is 0 Å². The van der Waals surface area contributed by atoms with E-state index in [1.54, 1.807) is 12.1 Å². The largest absolute Gasteiger partial charge is 0.0584 e.